The zero-order chi connectivity index (χ0) is 29.8. The van der Waals surface area contributed by atoms with Gasteiger partial charge in [0, 0.05) is 65.0 Å². The number of hydrogen-bond donors (Lipinski definition) is 2. The lowest BCUT2D eigenvalue weighted by Crippen LogP contribution is -2.44. The van der Waals surface area contributed by atoms with Crippen molar-refractivity contribution >= 4 is 5.91 Å². The van der Waals surface area contributed by atoms with Crippen LogP contribution in [0.15, 0.2) is 18.2 Å². The molecule has 2 fully saturated rings. The van der Waals surface area contributed by atoms with Gasteiger partial charge in [-0.25, -0.2) is 0 Å². The van der Waals surface area contributed by atoms with Gasteiger partial charge in [0.2, 0.25) is 0 Å². The number of benzene rings is 1. The minimum absolute atomic E-state index is 0.00187. The molecule has 1 saturated heterocycles. The third-order valence-corrected chi connectivity index (χ3v) is 8.76. The van der Waals surface area contributed by atoms with Crippen LogP contribution in [0.1, 0.15) is 62.7 Å². The summed E-state index contributed by atoms with van der Waals surface area (Å²) in [4.78, 5) is 18.0. The van der Waals surface area contributed by atoms with Gasteiger partial charge < -0.3 is 39.2 Å². The number of amides is 1. The molecule has 9 heteroatoms. The van der Waals surface area contributed by atoms with Gasteiger partial charge in [0.1, 0.15) is 0 Å². The molecule has 1 aromatic rings. The van der Waals surface area contributed by atoms with Crippen LogP contribution >= 0.6 is 0 Å². The lowest BCUT2D eigenvalue weighted by molar-refractivity contribution is 0.0377. The summed E-state index contributed by atoms with van der Waals surface area (Å²) >= 11 is 0. The molecule has 0 bridgehead atoms. The molecule has 0 spiro atoms. The number of methoxy groups -OCH3 is 3. The number of hydrogen-bond acceptors (Lipinski definition) is 8. The van der Waals surface area contributed by atoms with Crippen molar-refractivity contribution in [3.05, 3.63) is 23.8 Å². The molecule has 1 unspecified atom stereocenters. The van der Waals surface area contributed by atoms with Crippen molar-refractivity contribution in [3.8, 4) is 11.5 Å². The van der Waals surface area contributed by atoms with E-state index in [4.69, 9.17) is 18.9 Å². The van der Waals surface area contributed by atoms with E-state index in [0.717, 1.165) is 58.2 Å². The smallest absolute Gasteiger partial charge is 0.254 e. The second-order valence-electron chi connectivity index (χ2n) is 12.3. The lowest BCUT2D eigenvalue weighted by atomic mass is 9.84. The molecule has 1 aliphatic heterocycles. The van der Waals surface area contributed by atoms with Crippen LogP contribution in [0.4, 0.5) is 0 Å². The fourth-order valence-electron chi connectivity index (χ4n) is 6.37. The maximum atomic E-state index is 13.7. The standard InChI is InChI=1S/C32H55N3O6/c1-23(2)35(32(37)25-10-13-30(40-6)31(17-25)41-15-7-14-38-4)21-27-19-33-18-26(27)20-34(3)22-28(36)16-24-8-11-29(39-5)12-9-24/h10,13,17,23-24,26-29,33,36H,7-9,11-12,14-16,18-22H2,1-6H3/t24?,26-,27-,28?,29?/m0/s1. The number of nitrogens with one attached hydrogen (secondary N) is 1. The van der Waals surface area contributed by atoms with Crippen molar-refractivity contribution in [3.63, 3.8) is 0 Å². The highest BCUT2D eigenvalue weighted by Crippen LogP contribution is 2.31. The molecule has 2 N–H and O–H groups in total. The van der Waals surface area contributed by atoms with Crippen molar-refractivity contribution in [1.82, 2.24) is 15.1 Å². The Kier molecular flexibility index (Phi) is 14.1. The van der Waals surface area contributed by atoms with Crippen LogP contribution in [0.25, 0.3) is 0 Å². The van der Waals surface area contributed by atoms with Crippen molar-refractivity contribution in [2.75, 3.05) is 74.3 Å². The van der Waals surface area contributed by atoms with Gasteiger partial charge in [0.15, 0.2) is 11.5 Å². The first-order valence-corrected chi connectivity index (χ1v) is 15.5. The van der Waals surface area contributed by atoms with E-state index >= 15 is 0 Å². The molecule has 1 aliphatic carbocycles. The van der Waals surface area contributed by atoms with Crippen LogP contribution in [-0.4, -0.2) is 113 Å². The average molecular weight is 578 g/mol. The van der Waals surface area contributed by atoms with Crippen molar-refractivity contribution < 1.29 is 28.8 Å². The second kappa shape index (κ2) is 17.3. The zero-order valence-electron chi connectivity index (χ0n) is 26.3. The first-order valence-electron chi connectivity index (χ1n) is 15.5. The summed E-state index contributed by atoms with van der Waals surface area (Å²) < 4.78 is 22.0. The Balaban J connectivity index is 1.56. The molecule has 3 rings (SSSR count). The van der Waals surface area contributed by atoms with Gasteiger partial charge in [-0.3, -0.25) is 4.79 Å². The van der Waals surface area contributed by atoms with Gasteiger partial charge in [-0.05, 0) is 95.5 Å². The molecule has 1 aromatic carbocycles. The highest BCUT2D eigenvalue weighted by atomic mass is 16.5. The summed E-state index contributed by atoms with van der Waals surface area (Å²) in [5.41, 5.74) is 0.600. The highest BCUT2D eigenvalue weighted by molar-refractivity contribution is 5.95. The monoisotopic (exact) mass is 577 g/mol. The summed E-state index contributed by atoms with van der Waals surface area (Å²) in [6.07, 6.45) is 6.18. The molecule has 1 amide bonds. The van der Waals surface area contributed by atoms with E-state index in [1.54, 1.807) is 33.5 Å². The van der Waals surface area contributed by atoms with Crippen LogP contribution in [0, 0.1) is 17.8 Å². The second-order valence-corrected chi connectivity index (χ2v) is 12.3. The predicted molar refractivity (Wildman–Crippen MR) is 162 cm³/mol. The number of nitrogens with zero attached hydrogens (tertiary/aromatic N) is 2. The first-order chi connectivity index (χ1) is 19.7. The van der Waals surface area contributed by atoms with Crippen LogP contribution in [0.5, 0.6) is 11.5 Å². The van der Waals surface area contributed by atoms with E-state index in [1.165, 1.54) is 0 Å². The molecule has 9 nitrogen and oxygen atoms in total. The van der Waals surface area contributed by atoms with E-state index < -0.39 is 0 Å². The van der Waals surface area contributed by atoms with E-state index in [9.17, 15) is 9.90 Å². The Morgan fingerprint density at radius 2 is 1.73 bits per heavy atom. The number of carbonyl (C=O) groups is 1. The highest BCUT2D eigenvalue weighted by Gasteiger charge is 2.33. The minimum atomic E-state index is -0.313. The van der Waals surface area contributed by atoms with Crippen LogP contribution in [0.3, 0.4) is 0 Å². The molecule has 2 aliphatic rings. The third kappa shape index (κ3) is 10.4. The van der Waals surface area contributed by atoms with Gasteiger partial charge in [-0.1, -0.05) is 0 Å². The third-order valence-electron chi connectivity index (χ3n) is 8.76. The van der Waals surface area contributed by atoms with E-state index in [-0.39, 0.29) is 18.1 Å². The number of rotatable bonds is 17. The van der Waals surface area contributed by atoms with Gasteiger partial charge >= 0.3 is 0 Å². The largest absolute Gasteiger partial charge is 0.493 e. The Labute approximate surface area is 247 Å². The quantitative estimate of drug-likeness (QED) is 0.271. The summed E-state index contributed by atoms with van der Waals surface area (Å²) in [7, 11) is 7.18. The van der Waals surface area contributed by atoms with Crippen LogP contribution in [-0.2, 0) is 9.47 Å². The topological polar surface area (TPSA) is 92.7 Å². The molecule has 0 radical (unpaired) electrons. The predicted octanol–water partition coefficient (Wildman–Crippen LogP) is 3.68. The molecule has 234 valence electrons. The maximum Gasteiger partial charge on any atom is 0.254 e. The first kappa shape index (κ1) is 33.6. The fraction of sp³-hybridized carbons (Fsp3) is 0.781. The summed E-state index contributed by atoms with van der Waals surface area (Å²) in [6, 6.07) is 5.48. The minimum Gasteiger partial charge on any atom is -0.493 e. The molecule has 3 atom stereocenters. The van der Waals surface area contributed by atoms with E-state index in [0.29, 0.717) is 67.2 Å². The SMILES string of the molecule is COCCCOc1cc(C(=O)N(C[C@@H]2CNC[C@H]2CN(C)CC(O)CC2CCC(OC)CC2)C(C)C)ccc1OC. The molecule has 0 aromatic heterocycles. The number of carbonyl (C=O) groups excluding carboxylic acids is 1. The normalized spacial score (nSPS) is 23.6. The van der Waals surface area contributed by atoms with E-state index in [2.05, 4.69) is 31.1 Å². The Morgan fingerprint density at radius 3 is 2.37 bits per heavy atom. The molecule has 41 heavy (non-hydrogen) atoms. The van der Waals surface area contributed by atoms with E-state index in [1.807, 2.05) is 11.0 Å². The Hall–Kier alpha value is -1.91. The fourth-order valence-corrected chi connectivity index (χ4v) is 6.37. The van der Waals surface area contributed by atoms with Gasteiger partial charge in [-0.2, -0.15) is 0 Å². The van der Waals surface area contributed by atoms with Crippen molar-refractivity contribution in [1.29, 1.82) is 0 Å². The molecule has 1 saturated carbocycles. The molecular weight excluding hydrogens is 522 g/mol. The van der Waals surface area contributed by atoms with Gasteiger partial charge in [-0.15, -0.1) is 0 Å². The van der Waals surface area contributed by atoms with Crippen molar-refractivity contribution in [2.24, 2.45) is 17.8 Å². The number of aliphatic hydroxyl groups is 1. The summed E-state index contributed by atoms with van der Waals surface area (Å²) in [5, 5.41) is 14.4. The summed E-state index contributed by atoms with van der Waals surface area (Å²) in [6.45, 7) is 9.32. The Bertz CT molecular complexity index is 907. The van der Waals surface area contributed by atoms with Crippen molar-refractivity contribution in [2.45, 2.75) is 70.6 Å². The number of likely N-dealkylation sites (N-methyl/N-ethyl adjacent to an activating group) is 1. The van der Waals surface area contributed by atoms with Gasteiger partial charge in [0.25, 0.3) is 5.91 Å². The van der Waals surface area contributed by atoms with Crippen LogP contribution in [0.2, 0.25) is 0 Å². The lowest BCUT2D eigenvalue weighted by Gasteiger charge is -2.33. The average Bonchev–Trinajstić information content (AvgIpc) is 3.39. The zero-order valence-corrected chi connectivity index (χ0v) is 26.3. The number of ether oxygens (including phenoxy) is 4. The molecule has 1 heterocycles. The van der Waals surface area contributed by atoms with Gasteiger partial charge in [0.05, 0.1) is 25.9 Å². The summed E-state index contributed by atoms with van der Waals surface area (Å²) in [5.74, 6) is 2.53. The Morgan fingerprint density at radius 1 is 1.02 bits per heavy atom. The number of aliphatic hydroxyl groups excluding tert-OH is 1. The maximum absolute atomic E-state index is 13.7. The molecular formula is C32H55N3O6. The van der Waals surface area contributed by atoms with Crippen LogP contribution < -0.4 is 14.8 Å².